The molecule has 344 valence electrons. The molecule has 0 aromatic carbocycles. The Balaban J connectivity index is 3.96. The molecular weight excluding hydrogens is 758 g/mol. The van der Waals surface area contributed by atoms with Gasteiger partial charge in [0.2, 0.25) is 0 Å². The molecule has 0 aliphatic carbocycles. The lowest BCUT2D eigenvalue weighted by Gasteiger charge is -2.20. The second kappa shape index (κ2) is 47.3. The van der Waals surface area contributed by atoms with E-state index in [9.17, 15) is 14.3 Å². The fourth-order valence-electron chi connectivity index (χ4n) is 6.63. The van der Waals surface area contributed by atoms with Gasteiger partial charge in [0, 0.05) is 19.6 Å². The summed E-state index contributed by atoms with van der Waals surface area (Å²) in [7, 11) is -4.28. The van der Waals surface area contributed by atoms with Gasteiger partial charge in [0.15, 0.2) is 0 Å². The molecule has 0 aromatic heterocycles. The number of carbonyl (C=O) groups excluding carboxylic acids is 1. The zero-order chi connectivity index (χ0) is 43.0. The predicted octanol–water partition coefficient (Wildman–Crippen LogP) is 14.9. The topological polar surface area (TPSA) is 117 Å². The standard InChI is InChI=1S/C50H92NO7P/c1-3-5-7-9-11-13-15-17-19-21-22-23-24-25-26-27-28-30-32-34-36-38-40-42-45-55-47-49(48-57-59(53,54)56-46-44-51)58-50(52)43-41-39-37-35-33-31-29-20-18-16-14-12-10-8-6-4-2/h5,7,11,13,17,19-20,22-23,29,49H,3-4,6,8-10,12,14-16,18,21,24-28,30-48,51H2,1-2H3,(H,53,54)/b7-5-,13-11-,19-17-,23-22-,29-20-. The first-order chi connectivity index (χ1) is 28.9. The molecule has 9 heteroatoms. The first-order valence-corrected chi connectivity index (χ1v) is 25.8. The molecule has 0 spiro atoms. The van der Waals surface area contributed by atoms with Gasteiger partial charge in [-0.15, -0.1) is 0 Å². The Morgan fingerprint density at radius 3 is 1.44 bits per heavy atom. The van der Waals surface area contributed by atoms with E-state index in [4.69, 9.17) is 24.3 Å². The molecule has 0 bridgehead atoms. The minimum Gasteiger partial charge on any atom is -0.457 e. The molecule has 0 aliphatic rings. The first kappa shape index (κ1) is 57.2. The normalized spacial score (nSPS) is 13.9. The lowest BCUT2D eigenvalue weighted by molar-refractivity contribution is -0.154. The maximum absolute atomic E-state index is 12.6. The number of esters is 1. The van der Waals surface area contributed by atoms with Crippen LogP contribution in [0.2, 0.25) is 0 Å². The van der Waals surface area contributed by atoms with E-state index in [1.807, 2.05) is 0 Å². The van der Waals surface area contributed by atoms with Crippen LogP contribution in [-0.4, -0.2) is 49.9 Å². The van der Waals surface area contributed by atoms with Crippen molar-refractivity contribution in [2.24, 2.45) is 5.73 Å². The number of carbonyl (C=O) groups is 1. The molecule has 8 nitrogen and oxygen atoms in total. The maximum atomic E-state index is 12.6. The van der Waals surface area contributed by atoms with Gasteiger partial charge in [-0.2, -0.15) is 0 Å². The average molecular weight is 850 g/mol. The molecule has 0 heterocycles. The van der Waals surface area contributed by atoms with Gasteiger partial charge in [-0.1, -0.05) is 190 Å². The van der Waals surface area contributed by atoms with E-state index in [-0.39, 0.29) is 32.3 Å². The van der Waals surface area contributed by atoms with Crippen LogP contribution in [0, 0.1) is 0 Å². The SMILES string of the molecule is CC/C=C\C/C=C\C/C=C\C/C=C\CCCCCCCCCCCCCOCC(COP(=O)(O)OCCN)OC(=O)CCCCCCC/C=C\CCCCCCCCC. The van der Waals surface area contributed by atoms with Crippen molar-refractivity contribution in [3.8, 4) is 0 Å². The smallest absolute Gasteiger partial charge is 0.457 e. The Labute approximate surface area is 363 Å². The lowest BCUT2D eigenvalue weighted by atomic mass is 10.1. The van der Waals surface area contributed by atoms with Gasteiger partial charge < -0.3 is 20.1 Å². The first-order valence-electron chi connectivity index (χ1n) is 24.3. The average Bonchev–Trinajstić information content (AvgIpc) is 3.23. The number of nitrogens with two attached hydrogens (primary N) is 1. The highest BCUT2D eigenvalue weighted by Crippen LogP contribution is 2.43. The van der Waals surface area contributed by atoms with Crippen LogP contribution in [0.15, 0.2) is 60.8 Å². The number of hydrogen-bond acceptors (Lipinski definition) is 7. The summed E-state index contributed by atoms with van der Waals surface area (Å²) in [5, 5.41) is 0. The van der Waals surface area contributed by atoms with Crippen molar-refractivity contribution in [3.05, 3.63) is 60.8 Å². The number of hydrogen-bond donors (Lipinski definition) is 2. The van der Waals surface area contributed by atoms with Crippen LogP contribution in [-0.2, 0) is 27.9 Å². The minimum absolute atomic E-state index is 0.0969. The van der Waals surface area contributed by atoms with Gasteiger partial charge in [-0.25, -0.2) is 4.57 Å². The van der Waals surface area contributed by atoms with Crippen molar-refractivity contribution in [1.82, 2.24) is 0 Å². The minimum atomic E-state index is -4.28. The van der Waals surface area contributed by atoms with E-state index in [1.54, 1.807) is 0 Å². The number of phosphoric ester groups is 1. The van der Waals surface area contributed by atoms with Crippen molar-refractivity contribution in [1.29, 1.82) is 0 Å². The van der Waals surface area contributed by atoms with Crippen molar-refractivity contribution in [3.63, 3.8) is 0 Å². The number of unbranched alkanes of at least 4 members (excludes halogenated alkanes) is 23. The van der Waals surface area contributed by atoms with E-state index in [1.165, 1.54) is 122 Å². The Morgan fingerprint density at radius 1 is 0.525 bits per heavy atom. The van der Waals surface area contributed by atoms with Crippen LogP contribution in [0.3, 0.4) is 0 Å². The van der Waals surface area contributed by atoms with Gasteiger partial charge in [0.1, 0.15) is 6.10 Å². The zero-order valence-corrected chi connectivity index (χ0v) is 39.1. The van der Waals surface area contributed by atoms with Crippen LogP contribution in [0.25, 0.3) is 0 Å². The van der Waals surface area contributed by atoms with Crippen LogP contribution < -0.4 is 5.73 Å². The third-order valence-corrected chi connectivity index (χ3v) is 11.2. The monoisotopic (exact) mass is 850 g/mol. The highest BCUT2D eigenvalue weighted by Gasteiger charge is 2.25. The van der Waals surface area contributed by atoms with Gasteiger partial charge in [-0.05, 0) is 77.0 Å². The summed E-state index contributed by atoms with van der Waals surface area (Å²) >= 11 is 0. The molecule has 2 atom stereocenters. The van der Waals surface area contributed by atoms with E-state index >= 15 is 0 Å². The molecule has 0 saturated carbocycles. The molecule has 3 N–H and O–H groups in total. The highest BCUT2D eigenvalue weighted by atomic mass is 31.2. The van der Waals surface area contributed by atoms with Crippen LogP contribution in [0.1, 0.15) is 213 Å². The van der Waals surface area contributed by atoms with E-state index in [0.717, 1.165) is 70.6 Å². The van der Waals surface area contributed by atoms with Crippen LogP contribution >= 0.6 is 7.82 Å². The maximum Gasteiger partial charge on any atom is 0.472 e. The predicted molar refractivity (Wildman–Crippen MR) is 252 cm³/mol. The Kier molecular flexibility index (Phi) is 45.8. The summed E-state index contributed by atoms with van der Waals surface area (Å²) < 4.78 is 33.5. The second-order valence-corrected chi connectivity index (χ2v) is 17.4. The van der Waals surface area contributed by atoms with Crippen molar-refractivity contribution in [2.45, 2.75) is 219 Å². The summed E-state index contributed by atoms with van der Waals surface area (Å²) in [6.45, 7) is 4.80. The quantitative estimate of drug-likeness (QED) is 0.0269. The number of allylic oxidation sites excluding steroid dienone is 10. The van der Waals surface area contributed by atoms with Gasteiger partial charge in [-0.3, -0.25) is 13.8 Å². The summed E-state index contributed by atoms with van der Waals surface area (Å²) in [6.07, 6.45) is 58.2. The molecular formula is C50H92NO7P. The van der Waals surface area contributed by atoms with Crippen molar-refractivity contribution < 1.29 is 32.8 Å². The third-order valence-electron chi connectivity index (χ3n) is 10.2. The number of phosphoric acid groups is 1. The second-order valence-electron chi connectivity index (χ2n) is 15.9. The largest absolute Gasteiger partial charge is 0.472 e. The number of rotatable bonds is 46. The Morgan fingerprint density at radius 2 is 0.949 bits per heavy atom. The fourth-order valence-corrected chi connectivity index (χ4v) is 7.40. The molecule has 0 aromatic rings. The van der Waals surface area contributed by atoms with E-state index < -0.39 is 13.9 Å². The Bertz CT molecular complexity index is 1090. The van der Waals surface area contributed by atoms with E-state index in [0.29, 0.717) is 13.0 Å². The van der Waals surface area contributed by atoms with Crippen LogP contribution in [0.5, 0.6) is 0 Å². The van der Waals surface area contributed by atoms with Gasteiger partial charge in [0.05, 0.1) is 19.8 Å². The summed E-state index contributed by atoms with van der Waals surface area (Å²) in [6, 6.07) is 0. The molecule has 0 aliphatic heterocycles. The molecule has 0 rings (SSSR count). The molecule has 2 unspecified atom stereocenters. The highest BCUT2D eigenvalue weighted by molar-refractivity contribution is 7.47. The van der Waals surface area contributed by atoms with Crippen molar-refractivity contribution in [2.75, 3.05) is 33.0 Å². The Hall–Kier alpha value is -1.80. The molecule has 59 heavy (non-hydrogen) atoms. The van der Waals surface area contributed by atoms with Gasteiger partial charge >= 0.3 is 13.8 Å². The molecule has 0 fully saturated rings. The van der Waals surface area contributed by atoms with E-state index in [2.05, 4.69) is 74.6 Å². The zero-order valence-electron chi connectivity index (χ0n) is 38.2. The van der Waals surface area contributed by atoms with Gasteiger partial charge in [0.25, 0.3) is 0 Å². The van der Waals surface area contributed by atoms with Crippen LogP contribution in [0.4, 0.5) is 0 Å². The molecule has 0 radical (unpaired) electrons. The lowest BCUT2D eigenvalue weighted by Crippen LogP contribution is -2.28. The van der Waals surface area contributed by atoms with Crippen molar-refractivity contribution >= 4 is 13.8 Å². The summed E-state index contributed by atoms with van der Waals surface area (Å²) in [5.74, 6) is -0.340. The molecule has 0 saturated heterocycles. The third kappa shape index (κ3) is 47.1. The summed E-state index contributed by atoms with van der Waals surface area (Å²) in [5.41, 5.74) is 5.38. The number of ether oxygens (including phenoxy) is 2. The molecule has 0 amide bonds. The fraction of sp³-hybridized carbons (Fsp3) is 0.780. The summed E-state index contributed by atoms with van der Waals surface area (Å²) in [4.78, 5) is 22.5.